The molecule has 1 saturated heterocycles. The van der Waals surface area contributed by atoms with Gasteiger partial charge in [0.05, 0.1) is 8.66 Å². The summed E-state index contributed by atoms with van der Waals surface area (Å²) in [5, 5.41) is 12.1. The molecule has 0 atom stereocenters. The van der Waals surface area contributed by atoms with Gasteiger partial charge in [0.25, 0.3) is 5.91 Å². The summed E-state index contributed by atoms with van der Waals surface area (Å²) >= 11 is 6.31. The molecule has 98 valence electrons. The van der Waals surface area contributed by atoms with Crippen LogP contribution >= 0.6 is 39.0 Å². The summed E-state index contributed by atoms with van der Waals surface area (Å²) in [4.78, 5) is 24.0. The highest BCUT2D eigenvalue weighted by Crippen LogP contribution is 2.29. The number of nitrogens with one attached hydrogen (secondary N) is 1. The molecule has 0 aliphatic carbocycles. The zero-order valence-electron chi connectivity index (χ0n) is 9.44. The maximum Gasteiger partial charge on any atom is 0.329 e. The molecule has 2 N–H and O–H groups in total. The number of thiophene rings is 1. The number of carboxylic acid groups (broad SMARTS) is 1. The van der Waals surface area contributed by atoms with Crippen molar-refractivity contribution < 1.29 is 14.7 Å². The average molecular weight is 350 g/mol. The monoisotopic (exact) mass is 349 g/mol. The molecular formula is C11H12BrNO3S2. The zero-order chi connectivity index (χ0) is 13.2. The number of carbonyl (C=O) groups is 2. The van der Waals surface area contributed by atoms with E-state index in [1.807, 2.05) is 0 Å². The molecule has 0 unspecified atom stereocenters. The molecule has 0 saturated carbocycles. The van der Waals surface area contributed by atoms with Gasteiger partial charge in [0.2, 0.25) is 0 Å². The Morgan fingerprint density at radius 1 is 1.33 bits per heavy atom. The Bertz CT molecular complexity index is 469. The van der Waals surface area contributed by atoms with Crippen LogP contribution in [0.3, 0.4) is 0 Å². The number of carbonyl (C=O) groups excluding carboxylic acids is 1. The summed E-state index contributed by atoms with van der Waals surface area (Å²) in [6.45, 7) is 0. The second kappa shape index (κ2) is 5.63. The maximum atomic E-state index is 12.0. The molecule has 1 fully saturated rings. The minimum atomic E-state index is -1.10. The van der Waals surface area contributed by atoms with Gasteiger partial charge in [0, 0.05) is 0 Å². The Hall–Kier alpha value is -0.530. The number of carboxylic acids is 1. The van der Waals surface area contributed by atoms with Crippen molar-refractivity contribution in [2.75, 3.05) is 11.5 Å². The van der Waals surface area contributed by atoms with Crippen molar-refractivity contribution in [2.45, 2.75) is 18.4 Å². The zero-order valence-corrected chi connectivity index (χ0v) is 12.7. The molecule has 1 amide bonds. The van der Waals surface area contributed by atoms with E-state index < -0.39 is 11.5 Å². The quantitative estimate of drug-likeness (QED) is 0.880. The molecule has 1 aromatic rings. The van der Waals surface area contributed by atoms with Crippen LogP contribution in [0.4, 0.5) is 0 Å². The van der Waals surface area contributed by atoms with E-state index in [4.69, 9.17) is 0 Å². The van der Waals surface area contributed by atoms with E-state index in [1.165, 1.54) is 11.3 Å². The Balaban J connectivity index is 2.14. The third-order valence-electron chi connectivity index (χ3n) is 2.91. The van der Waals surface area contributed by atoms with Crippen LogP contribution in [0.2, 0.25) is 0 Å². The van der Waals surface area contributed by atoms with Gasteiger partial charge in [-0.05, 0) is 52.4 Å². The third kappa shape index (κ3) is 2.89. The van der Waals surface area contributed by atoms with E-state index in [0.717, 1.165) is 15.3 Å². The van der Waals surface area contributed by atoms with E-state index in [1.54, 1.807) is 23.9 Å². The fourth-order valence-electron chi connectivity index (χ4n) is 1.83. The van der Waals surface area contributed by atoms with Crippen LogP contribution in [0, 0.1) is 0 Å². The third-order valence-corrected chi connectivity index (χ3v) is 5.51. The van der Waals surface area contributed by atoms with E-state index in [-0.39, 0.29) is 5.91 Å². The lowest BCUT2D eigenvalue weighted by atomic mass is 9.92. The van der Waals surface area contributed by atoms with Crippen molar-refractivity contribution >= 4 is 50.9 Å². The lowest BCUT2D eigenvalue weighted by Gasteiger charge is -2.33. The Morgan fingerprint density at radius 2 is 2.00 bits per heavy atom. The van der Waals surface area contributed by atoms with Crippen LogP contribution in [-0.2, 0) is 4.79 Å². The van der Waals surface area contributed by atoms with Gasteiger partial charge < -0.3 is 10.4 Å². The van der Waals surface area contributed by atoms with Crippen LogP contribution in [0.25, 0.3) is 0 Å². The maximum absolute atomic E-state index is 12.0. The van der Waals surface area contributed by atoms with Gasteiger partial charge >= 0.3 is 5.97 Å². The van der Waals surface area contributed by atoms with E-state index >= 15 is 0 Å². The largest absolute Gasteiger partial charge is 0.480 e. The van der Waals surface area contributed by atoms with Crippen LogP contribution < -0.4 is 5.32 Å². The highest BCUT2D eigenvalue weighted by atomic mass is 79.9. The smallest absolute Gasteiger partial charge is 0.329 e. The number of hydrogen-bond acceptors (Lipinski definition) is 4. The summed E-state index contributed by atoms with van der Waals surface area (Å²) in [5.41, 5.74) is -1.10. The molecule has 0 bridgehead atoms. The molecule has 1 aliphatic rings. The number of halogens is 1. The second-order valence-corrected chi connectivity index (χ2v) is 7.75. The second-order valence-electron chi connectivity index (χ2n) is 4.06. The highest BCUT2D eigenvalue weighted by molar-refractivity contribution is 9.11. The minimum Gasteiger partial charge on any atom is -0.480 e. The topological polar surface area (TPSA) is 66.4 Å². The molecule has 4 nitrogen and oxygen atoms in total. The van der Waals surface area contributed by atoms with Gasteiger partial charge in [-0.3, -0.25) is 4.79 Å². The molecule has 0 spiro atoms. The molecule has 1 aromatic heterocycles. The Morgan fingerprint density at radius 3 is 2.50 bits per heavy atom. The van der Waals surface area contributed by atoms with Crippen molar-refractivity contribution in [1.29, 1.82) is 0 Å². The number of rotatable bonds is 3. The van der Waals surface area contributed by atoms with Gasteiger partial charge in [-0.15, -0.1) is 11.3 Å². The van der Waals surface area contributed by atoms with Crippen molar-refractivity contribution in [3.63, 3.8) is 0 Å². The van der Waals surface area contributed by atoms with Crippen LogP contribution in [0.5, 0.6) is 0 Å². The summed E-state index contributed by atoms with van der Waals surface area (Å²) in [5.74, 6) is 0.285. The van der Waals surface area contributed by atoms with Gasteiger partial charge in [0.15, 0.2) is 0 Å². The molecule has 2 rings (SSSR count). The summed E-state index contributed by atoms with van der Waals surface area (Å²) in [7, 11) is 0. The molecule has 0 aromatic carbocycles. The number of hydrogen-bond donors (Lipinski definition) is 2. The molecule has 0 radical (unpaired) electrons. The summed E-state index contributed by atoms with van der Waals surface area (Å²) in [6, 6.07) is 3.47. The predicted molar refractivity (Wildman–Crippen MR) is 76.4 cm³/mol. The Kier molecular flexibility index (Phi) is 4.34. The van der Waals surface area contributed by atoms with Crippen LogP contribution in [0.15, 0.2) is 15.9 Å². The van der Waals surface area contributed by atoms with E-state index in [2.05, 4.69) is 21.2 Å². The first-order valence-corrected chi connectivity index (χ1v) is 8.19. The Labute approximate surface area is 121 Å². The first kappa shape index (κ1) is 13.9. The first-order chi connectivity index (χ1) is 8.53. The van der Waals surface area contributed by atoms with Crippen LogP contribution in [0.1, 0.15) is 22.5 Å². The van der Waals surface area contributed by atoms with Crippen molar-refractivity contribution in [3.05, 3.63) is 20.8 Å². The van der Waals surface area contributed by atoms with E-state index in [9.17, 15) is 14.7 Å². The summed E-state index contributed by atoms with van der Waals surface area (Å²) in [6.07, 6.45) is 0.955. The van der Waals surface area contributed by atoms with Crippen molar-refractivity contribution in [3.8, 4) is 0 Å². The molecule has 1 aliphatic heterocycles. The van der Waals surface area contributed by atoms with Crippen molar-refractivity contribution in [1.82, 2.24) is 5.32 Å². The SMILES string of the molecule is O=C(NC1(C(=O)O)CCSCC1)c1ccc(Br)s1. The number of amides is 1. The number of aliphatic carboxylic acids is 1. The van der Waals surface area contributed by atoms with E-state index in [0.29, 0.717) is 17.7 Å². The lowest BCUT2D eigenvalue weighted by molar-refractivity contribution is -0.144. The lowest BCUT2D eigenvalue weighted by Crippen LogP contribution is -2.56. The average Bonchev–Trinajstić information content (AvgIpc) is 2.77. The molecule has 2 heterocycles. The van der Waals surface area contributed by atoms with Gasteiger partial charge in [0.1, 0.15) is 5.54 Å². The highest BCUT2D eigenvalue weighted by Gasteiger charge is 2.41. The van der Waals surface area contributed by atoms with Crippen molar-refractivity contribution in [2.24, 2.45) is 0 Å². The predicted octanol–water partition coefficient (Wildman–Crippen LogP) is 2.59. The van der Waals surface area contributed by atoms with Gasteiger partial charge in [-0.2, -0.15) is 11.8 Å². The standard InChI is InChI=1S/C11H12BrNO3S2/c12-8-2-1-7(18-8)9(14)13-11(10(15)16)3-5-17-6-4-11/h1-2H,3-6H2,(H,13,14)(H,15,16). The molecule has 7 heteroatoms. The summed E-state index contributed by atoms with van der Waals surface area (Å²) < 4.78 is 0.858. The molecular weight excluding hydrogens is 338 g/mol. The minimum absolute atomic E-state index is 0.306. The van der Waals surface area contributed by atoms with Gasteiger partial charge in [-0.25, -0.2) is 4.79 Å². The van der Waals surface area contributed by atoms with Gasteiger partial charge in [-0.1, -0.05) is 0 Å². The molecule has 18 heavy (non-hydrogen) atoms. The number of thioether (sulfide) groups is 1. The first-order valence-electron chi connectivity index (χ1n) is 5.42. The van der Waals surface area contributed by atoms with Crippen LogP contribution in [-0.4, -0.2) is 34.0 Å². The normalized spacial score (nSPS) is 18.3. The fourth-order valence-corrected chi connectivity index (χ4v) is 4.30. The fraction of sp³-hybridized carbons (Fsp3) is 0.455.